The second-order valence-electron chi connectivity index (χ2n) is 6.96. The number of carbonyl (C=O) groups is 1. The molecule has 1 heterocycles. The van der Waals surface area contributed by atoms with Crippen LogP contribution < -0.4 is 0 Å². The summed E-state index contributed by atoms with van der Waals surface area (Å²) in [5.41, 5.74) is 0. The fourth-order valence-electron chi connectivity index (χ4n) is 4.66. The number of halogens is 1. The number of amides is 1. The van der Waals surface area contributed by atoms with E-state index in [9.17, 15) is 4.79 Å². The Balaban J connectivity index is 1.49. The Labute approximate surface area is 121 Å². The molecule has 4 unspecified atom stereocenters. The maximum Gasteiger partial charge on any atom is 0.222 e. The molecule has 2 nitrogen and oxygen atoms in total. The molecule has 1 saturated heterocycles. The number of alkyl halides is 1. The summed E-state index contributed by atoms with van der Waals surface area (Å²) in [6, 6.07) is 0. The van der Waals surface area contributed by atoms with Gasteiger partial charge in [-0.2, -0.15) is 0 Å². The zero-order chi connectivity index (χ0) is 13.2. The molecule has 19 heavy (non-hydrogen) atoms. The number of nitrogens with zero attached hydrogens (tertiary/aromatic N) is 1. The van der Waals surface area contributed by atoms with Crippen molar-refractivity contribution in [2.24, 2.45) is 23.7 Å². The smallest absolute Gasteiger partial charge is 0.222 e. The van der Waals surface area contributed by atoms with Crippen molar-refractivity contribution >= 4 is 17.5 Å². The maximum atomic E-state index is 12.5. The molecule has 0 aromatic heterocycles. The summed E-state index contributed by atoms with van der Waals surface area (Å²) in [4.78, 5) is 14.6. The van der Waals surface area contributed by atoms with Crippen molar-refractivity contribution in [3.63, 3.8) is 0 Å². The van der Waals surface area contributed by atoms with Crippen molar-refractivity contribution in [1.29, 1.82) is 0 Å². The summed E-state index contributed by atoms with van der Waals surface area (Å²) in [6.07, 6.45) is 9.87. The van der Waals surface area contributed by atoms with Crippen LogP contribution in [0.5, 0.6) is 0 Å². The molecule has 1 aliphatic heterocycles. The Hall–Kier alpha value is -0.240. The van der Waals surface area contributed by atoms with Gasteiger partial charge in [-0.15, -0.1) is 11.6 Å². The fourth-order valence-corrected chi connectivity index (χ4v) is 4.97. The number of rotatable bonds is 4. The quantitative estimate of drug-likeness (QED) is 0.721. The van der Waals surface area contributed by atoms with E-state index in [1.807, 2.05) is 0 Å². The number of carbonyl (C=O) groups excluding carboxylic acids is 1. The second kappa shape index (κ2) is 6.03. The molecule has 1 amide bonds. The van der Waals surface area contributed by atoms with Crippen molar-refractivity contribution in [3.8, 4) is 0 Å². The first-order valence-corrected chi connectivity index (χ1v) is 8.63. The molecule has 2 aliphatic carbocycles. The lowest BCUT2D eigenvalue weighted by Gasteiger charge is -2.34. The minimum absolute atomic E-state index is 0.428. The third-order valence-electron chi connectivity index (χ3n) is 5.71. The van der Waals surface area contributed by atoms with Crippen molar-refractivity contribution < 1.29 is 4.79 Å². The topological polar surface area (TPSA) is 20.3 Å². The van der Waals surface area contributed by atoms with E-state index in [0.717, 1.165) is 43.6 Å². The third kappa shape index (κ3) is 3.09. The number of likely N-dealkylation sites (tertiary alicyclic amines) is 1. The summed E-state index contributed by atoms with van der Waals surface area (Å²) < 4.78 is 0. The lowest BCUT2D eigenvalue weighted by Crippen LogP contribution is -2.41. The van der Waals surface area contributed by atoms with Crippen LogP contribution in [0.2, 0.25) is 0 Å². The zero-order valence-corrected chi connectivity index (χ0v) is 12.6. The second-order valence-corrected chi connectivity index (χ2v) is 7.34. The Morgan fingerprint density at radius 2 is 2.11 bits per heavy atom. The Kier molecular flexibility index (Phi) is 4.36. The van der Waals surface area contributed by atoms with Crippen LogP contribution in [0.1, 0.15) is 51.4 Å². The SMILES string of the molecule is O=C(CC1CC2CCC1C2)N1CCCC(CCCl)C1. The van der Waals surface area contributed by atoms with E-state index in [2.05, 4.69) is 4.90 Å². The summed E-state index contributed by atoms with van der Waals surface area (Å²) in [6.45, 7) is 1.95. The van der Waals surface area contributed by atoms with Crippen LogP contribution in [0.3, 0.4) is 0 Å². The molecule has 3 aliphatic rings. The summed E-state index contributed by atoms with van der Waals surface area (Å²) in [5, 5.41) is 0. The highest BCUT2D eigenvalue weighted by molar-refractivity contribution is 6.17. The number of hydrogen-bond donors (Lipinski definition) is 0. The molecule has 0 spiro atoms. The molecular weight excluding hydrogens is 258 g/mol. The Morgan fingerprint density at radius 3 is 2.79 bits per heavy atom. The van der Waals surface area contributed by atoms with Crippen LogP contribution in [0.25, 0.3) is 0 Å². The minimum Gasteiger partial charge on any atom is -0.342 e. The van der Waals surface area contributed by atoms with E-state index in [1.165, 1.54) is 38.5 Å². The largest absolute Gasteiger partial charge is 0.342 e. The van der Waals surface area contributed by atoms with Gasteiger partial charge in [-0.05, 0) is 62.2 Å². The van der Waals surface area contributed by atoms with Gasteiger partial charge in [0.05, 0.1) is 0 Å². The van der Waals surface area contributed by atoms with Gasteiger partial charge in [-0.25, -0.2) is 0 Å². The molecule has 3 fully saturated rings. The number of piperidine rings is 1. The lowest BCUT2D eigenvalue weighted by molar-refractivity contribution is -0.134. The molecule has 3 rings (SSSR count). The number of hydrogen-bond acceptors (Lipinski definition) is 1. The zero-order valence-electron chi connectivity index (χ0n) is 11.8. The van der Waals surface area contributed by atoms with Crippen molar-refractivity contribution in [2.45, 2.75) is 51.4 Å². The van der Waals surface area contributed by atoms with Crippen LogP contribution >= 0.6 is 11.6 Å². The highest BCUT2D eigenvalue weighted by atomic mass is 35.5. The molecule has 2 bridgehead atoms. The first kappa shape index (κ1) is 13.7. The average Bonchev–Trinajstić information content (AvgIpc) is 3.02. The first-order valence-electron chi connectivity index (χ1n) is 8.10. The highest BCUT2D eigenvalue weighted by Crippen LogP contribution is 2.49. The van der Waals surface area contributed by atoms with Gasteiger partial charge in [0, 0.05) is 25.4 Å². The molecule has 3 heteroatoms. The van der Waals surface area contributed by atoms with E-state index >= 15 is 0 Å². The molecule has 0 aromatic carbocycles. The molecule has 2 saturated carbocycles. The van der Waals surface area contributed by atoms with E-state index in [4.69, 9.17) is 11.6 Å². The van der Waals surface area contributed by atoms with Gasteiger partial charge in [0.1, 0.15) is 0 Å². The summed E-state index contributed by atoms with van der Waals surface area (Å²) in [7, 11) is 0. The fraction of sp³-hybridized carbons (Fsp3) is 0.938. The number of fused-ring (bicyclic) bond motifs is 2. The highest BCUT2D eigenvalue weighted by Gasteiger charge is 2.40. The monoisotopic (exact) mass is 283 g/mol. The molecule has 108 valence electrons. The minimum atomic E-state index is 0.428. The van der Waals surface area contributed by atoms with Crippen LogP contribution in [0.4, 0.5) is 0 Å². The molecule has 0 radical (unpaired) electrons. The standard InChI is InChI=1S/C16H26ClNO/c17-6-5-12-2-1-7-18(11-12)16(19)10-15-9-13-3-4-14(15)8-13/h12-15H,1-11H2. The van der Waals surface area contributed by atoms with Crippen LogP contribution in [-0.4, -0.2) is 29.8 Å². The Bertz CT molecular complexity index is 331. The summed E-state index contributed by atoms with van der Waals surface area (Å²) in [5.74, 6) is 4.34. The van der Waals surface area contributed by atoms with Gasteiger partial charge in [0.25, 0.3) is 0 Å². The van der Waals surface area contributed by atoms with Gasteiger partial charge in [0.15, 0.2) is 0 Å². The maximum absolute atomic E-state index is 12.5. The van der Waals surface area contributed by atoms with Crippen LogP contribution in [0, 0.1) is 23.7 Å². The van der Waals surface area contributed by atoms with E-state index in [0.29, 0.717) is 17.7 Å². The van der Waals surface area contributed by atoms with Crippen molar-refractivity contribution in [3.05, 3.63) is 0 Å². The van der Waals surface area contributed by atoms with E-state index < -0.39 is 0 Å². The van der Waals surface area contributed by atoms with Gasteiger partial charge < -0.3 is 4.90 Å². The van der Waals surface area contributed by atoms with Crippen molar-refractivity contribution in [1.82, 2.24) is 4.90 Å². The normalized spacial score (nSPS) is 37.8. The average molecular weight is 284 g/mol. The van der Waals surface area contributed by atoms with Crippen LogP contribution in [0.15, 0.2) is 0 Å². The first-order chi connectivity index (χ1) is 9.26. The lowest BCUT2D eigenvalue weighted by atomic mass is 9.85. The molecule has 4 atom stereocenters. The molecule has 0 aromatic rings. The molecule has 0 N–H and O–H groups in total. The van der Waals surface area contributed by atoms with Gasteiger partial charge in [-0.3, -0.25) is 4.79 Å². The van der Waals surface area contributed by atoms with Crippen molar-refractivity contribution in [2.75, 3.05) is 19.0 Å². The summed E-state index contributed by atoms with van der Waals surface area (Å²) >= 11 is 5.84. The predicted molar refractivity (Wildman–Crippen MR) is 78.2 cm³/mol. The van der Waals surface area contributed by atoms with Gasteiger partial charge in [0.2, 0.25) is 5.91 Å². The third-order valence-corrected chi connectivity index (χ3v) is 5.93. The Morgan fingerprint density at radius 1 is 1.21 bits per heavy atom. The van der Waals surface area contributed by atoms with E-state index in [-0.39, 0.29) is 0 Å². The van der Waals surface area contributed by atoms with Gasteiger partial charge in [-0.1, -0.05) is 6.42 Å². The predicted octanol–water partition coefficient (Wildman–Crippen LogP) is 3.68. The van der Waals surface area contributed by atoms with Gasteiger partial charge >= 0.3 is 0 Å². The molecular formula is C16H26ClNO. The van der Waals surface area contributed by atoms with E-state index in [1.54, 1.807) is 0 Å². The van der Waals surface area contributed by atoms with Crippen LogP contribution in [-0.2, 0) is 4.79 Å².